The molecule has 72 heavy (non-hydrogen) atoms. The molecule has 0 N–H and O–H groups in total. The molecular weight excluding hydrogens is 889 g/mol. The maximum atomic E-state index is 12.8. The van der Waals surface area contributed by atoms with Gasteiger partial charge in [-0.05, 0) is 57.8 Å². The summed E-state index contributed by atoms with van der Waals surface area (Å²) in [6.07, 6.45) is 73.7. The molecule has 0 amide bonds. The molecule has 0 heterocycles. The number of esters is 3. The largest absolute Gasteiger partial charge is 0.462 e. The maximum Gasteiger partial charge on any atom is 0.306 e. The highest BCUT2D eigenvalue weighted by Gasteiger charge is 2.19. The van der Waals surface area contributed by atoms with E-state index in [0.29, 0.717) is 19.3 Å². The Morgan fingerprint density at radius 1 is 0.264 bits per heavy atom. The summed E-state index contributed by atoms with van der Waals surface area (Å²) in [5.41, 5.74) is 0. The Morgan fingerprint density at radius 2 is 0.472 bits per heavy atom. The molecule has 0 aliphatic heterocycles. The Kier molecular flexibility index (Phi) is 59.6. The van der Waals surface area contributed by atoms with Crippen molar-refractivity contribution in [3.05, 3.63) is 24.3 Å². The van der Waals surface area contributed by atoms with Gasteiger partial charge >= 0.3 is 17.9 Å². The van der Waals surface area contributed by atoms with E-state index < -0.39 is 6.10 Å². The Hall–Kier alpha value is -2.11. The fourth-order valence-electron chi connectivity index (χ4n) is 9.76. The van der Waals surface area contributed by atoms with Crippen molar-refractivity contribution in [1.82, 2.24) is 0 Å². The molecule has 0 radical (unpaired) electrons. The summed E-state index contributed by atoms with van der Waals surface area (Å²) in [5, 5.41) is 0. The third kappa shape index (κ3) is 58.8. The smallest absolute Gasteiger partial charge is 0.306 e. The summed E-state index contributed by atoms with van der Waals surface area (Å²) < 4.78 is 16.8. The molecule has 0 fully saturated rings. The molecule has 0 spiro atoms. The summed E-state index contributed by atoms with van der Waals surface area (Å²) in [6.45, 7) is 6.60. The molecule has 6 heteroatoms. The van der Waals surface area contributed by atoms with Gasteiger partial charge in [0.1, 0.15) is 13.2 Å². The molecule has 0 rings (SSSR count). The summed E-state index contributed by atoms with van der Waals surface area (Å²) in [7, 11) is 0. The Bertz CT molecular complexity index is 1160. The molecule has 0 aromatic heterocycles. The predicted molar refractivity (Wildman–Crippen MR) is 312 cm³/mol. The fraction of sp³-hybridized carbons (Fsp3) is 0.894. The topological polar surface area (TPSA) is 78.9 Å². The van der Waals surface area contributed by atoms with Gasteiger partial charge in [0.15, 0.2) is 6.10 Å². The van der Waals surface area contributed by atoms with E-state index in [1.165, 1.54) is 244 Å². The molecule has 0 aromatic rings. The standard InChI is InChI=1S/C66H124O6/c1-4-7-10-13-16-19-22-23-24-25-26-27-28-29-30-31-32-33-34-35-36-37-38-39-40-41-42-45-47-50-53-56-59-65(68)71-62-63(72-66(69)60-57-54-51-48-44-21-18-15-12-9-6-3)61-70-64(67)58-55-52-49-46-43-20-17-14-11-8-5-2/h14-15,17-18,63H,4-13,16,19-62H2,1-3H3/b17-14-,18-15-. The molecule has 0 aliphatic carbocycles. The van der Waals surface area contributed by atoms with Crippen LogP contribution in [0.5, 0.6) is 0 Å². The molecule has 0 saturated carbocycles. The minimum atomic E-state index is -0.775. The number of carbonyl (C=O) groups excluding carboxylic acids is 3. The van der Waals surface area contributed by atoms with Gasteiger partial charge in [-0.25, -0.2) is 0 Å². The molecule has 0 saturated heterocycles. The van der Waals surface area contributed by atoms with E-state index in [1.54, 1.807) is 0 Å². The third-order valence-corrected chi connectivity index (χ3v) is 14.7. The zero-order valence-electron chi connectivity index (χ0n) is 48.7. The van der Waals surface area contributed by atoms with Crippen molar-refractivity contribution in [2.45, 2.75) is 367 Å². The van der Waals surface area contributed by atoms with E-state index in [1.807, 2.05) is 0 Å². The van der Waals surface area contributed by atoms with E-state index in [2.05, 4.69) is 45.1 Å². The van der Waals surface area contributed by atoms with Crippen LogP contribution in [0.4, 0.5) is 0 Å². The van der Waals surface area contributed by atoms with Gasteiger partial charge in [0, 0.05) is 19.3 Å². The van der Waals surface area contributed by atoms with E-state index in [4.69, 9.17) is 14.2 Å². The first-order valence-electron chi connectivity index (χ1n) is 32.3. The SMILES string of the molecule is CCCC/C=C\CCCCCCCC(=O)OCC(COC(=O)CCCCCCCCCCCCCCCCCCCCCCCCCCCCCCCCCC)OC(=O)CCCCCCC/C=C\CCCC. The van der Waals surface area contributed by atoms with Crippen LogP contribution in [-0.2, 0) is 28.6 Å². The average Bonchev–Trinajstić information content (AvgIpc) is 3.38. The van der Waals surface area contributed by atoms with Gasteiger partial charge in [0.05, 0.1) is 0 Å². The number of allylic oxidation sites excluding steroid dienone is 4. The lowest BCUT2D eigenvalue weighted by Crippen LogP contribution is -2.30. The van der Waals surface area contributed by atoms with Crippen molar-refractivity contribution in [2.75, 3.05) is 13.2 Å². The van der Waals surface area contributed by atoms with Crippen LogP contribution in [0.1, 0.15) is 361 Å². The summed E-state index contributed by atoms with van der Waals surface area (Å²) in [6, 6.07) is 0. The van der Waals surface area contributed by atoms with Crippen LogP contribution >= 0.6 is 0 Å². The Labute approximate surface area is 449 Å². The highest BCUT2D eigenvalue weighted by atomic mass is 16.6. The normalized spacial score (nSPS) is 12.1. The second kappa shape index (κ2) is 61.4. The fourth-order valence-corrected chi connectivity index (χ4v) is 9.76. The van der Waals surface area contributed by atoms with Crippen LogP contribution in [0.25, 0.3) is 0 Å². The second-order valence-corrected chi connectivity index (χ2v) is 22.0. The number of hydrogen-bond donors (Lipinski definition) is 0. The van der Waals surface area contributed by atoms with Crippen LogP contribution in [0.3, 0.4) is 0 Å². The monoisotopic (exact) mass is 1010 g/mol. The van der Waals surface area contributed by atoms with Crippen LogP contribution in [0, 0.1) is 0 Å². The molecule has 0 bridgehead atoms. The van der Waals surface area contributed by atoms with Crippen LogP contribution < -0.4 is 0 Å². The average molecular weight is 1010 g/mol. The lowest BCUT2D eigenvalue weighted by Gasteiger charge is -2.18. The summed E-state index contributed by atoms with van der Waals surface area (Å²) in [5.74, 6) is -0.875. The summed E-state index contributed by atoms with van der Waals surface area (Å²) in [4.78, 5) is 38.1. The molecule has 0 aliphatic rings. The first kappa shape index (κ1) is 69.9. The quantitative estimate of drug-likeness (QED) is 0.0261. The molecule has 1 atom stereocenters. The van der Waals surface area contributed by atoms with Crippen LogP contribution in [0.15, 0.2) is 24.3 Å². The number of carbonyl (C=O) groups is 3. The molecule has 1 unspecified atom stereocenters. The molecule has 424 valence electrons. The molecule has 6 nitrogen and oxygen atoms in total. The lowest BCUT2D eigenvalue weighted by molar-refractivity contribution is -0.167. The maximum absolute atomic E-state index is 12.8. The zero-order chi connectivity index (χ0) is 52.2. The number of ether oxygens (including phenoxy) is 3. The van der Waals surface area contributed by atoms with Gasteiger partial charge in [-0.15, -0.1) is 0 Å². The van der Waals surface area contributed by atoms with Crippen molar-refractivity contribution in [3.8, 4) is 0 Å². The van der Waals surface area contributed by atoms with Crippen molar-refractivity contribution in [1.29, 1.82) is 0 Å². The van der Waals surface area contributed by atoms with E-state index in [0.717, 1.165) is 77.0 Å². The van der Waals surface area contributed by atoms with Crippen LogP contribution in [-0.4, -0.2) is 37.2 Å². The summed E-state index contributed by atoms with van der Waals surface area (Å²) >= 11 is 0. The Morgan fingerprint density at radius 3 is 0.736 bits per heavy atom. The number of unbranched alkanes of at least 4 members (excludes halogenated alkanes) is 45. The van der Waals surface area contributed by atoms with Gasteiger partial charge in [-0.2, -0.15) is 0 Å². The molecular formula is C66H124O6. The zero-order valence-corrected chi connectivity index (χ0v) is 48.7. The second-order valence-electron chi connectivity index (χ2n) is 22.0. The molecule has 0 aromatic carbocycles. The first-order valence-corrected chi connectivity index (χ1v) is 32.3. The highest BCUT2D eigenvalue weighted by molar-refractivity contribution is 5.71. The minimum Gasteiger partial charge on any atom is -0.462 e. The number of rotatable bonds is 60. The highest BCUT2D eigenvalue weighted by Crippen LogP contribution is 2.18. The van der Waals surface area contributed by atoms with E-state index in [9.17, 15) is 14.4 Å². The number of hydrogen-bond acceptors (Lipinski definition) is 6. The van der Waals surface area contributed by atoms with Gasteiger partial charge in [0.2, 0.25) is 0 Å². The van der Waals surface area contributed by atoms with Gasteiger partial charge in [-0.1, -0.05) is 308 Å². The third-order valence-electron chi connectivity index (χ3n) is 14.7. The Balaban J connectivity index is 3.97. The van der Waals surface area contributed by atoms with Crippen LogP contribution in [0.2, 0.25) is 0 Å². The van der Waals surface area contributed by atoms with Gasteiger partial charge < -0.3 is 14.2 Å². The van der Waals surface area contributed by atoms with E-state index >= 15 is 0 Å². The first-order chi connectivity index (χ1) is 35.5. The van der Waals surface area contributed by atoms with Crippen molar-refractivity contribution < 1.29 is 28.6 Å². The minimum absolute atomic E-state index is 0.0733. The van der Waals surface area contributed by atoms with Gasteiger partial charge in [-0.3, -0.25) is 14.4 Å². The predicted octanol–water partition coefficient (Wildman–Crippen LogP) is 21.8. The van der Waals surface area contributed by atoms with E-state index in [-0.39, 0.29) is 31.1 Å². The lowest BCUT2D eigenvalue weighted by atomic mass is 10.0. The van der Waals surface area contributed by atoms with Crippen molar-refractivity contribution >= 4 is 17.9 Å². The van der Waals surface area contributed by atoms with Crippen molar-refractivity contribution in [2.24, 2.45) is 0 Å². The van der Waals surface area contributed by atoms with Gasteiger partial charge in [0.25, 0.3) is 0 Å². The van der Waals surface area contributed by atoms with Crippen molar-refractivity contribution in [3.63, 3.8) is 0 Å².